The minimum absolute atomic E-state index is 0.203. The van der Waals surface area contributed by atoms with Crippen LogP contribution in [0.3, 0.4) is 0 Å². The van der Waals surface area contributed by atoms with Gasteiger partial charge in [0.25, 0.3) is 0 Å². The van der Waals surface area contributed by atoms with Gasteiger partial charge in [0.05, 0.1) is 12.3 Å². The van der Waals surface area contributed by atoms with Crippen LogP contribution in [0.1, 0.15) is 23.7 Å². The maximum absolute atomic E-state index is 13.4. The number of hydrogen-bond donors (Lipinski definition) is 0. The van der Waals surface area contributed by atoms with Crippen molar-refractivity contribution in [1.29, 1.82) is 0 Å². The average Bonchev–Trinajstić information content (AvgIpc) is 2.49. The summed E-state index contributed by atoms with van der Waals surface area (Å²) in [6.45, 7) is 6.18. The third-order valence-electron chi connectivity index (χ3n) is 3.78. The minimum atomic E-state index is -0.203. The molecule has 1 aromatic carbocycles. The van der Waals surface area contributed by atoms with E-state index >= 15 is 0 Å². The maximum Gasteiger partial charge on any atom is 0.123 e. The Morgan fingerprint density at radius 2 is 2.05 bits per heavy atom. The lowest BCUT2D eigenvalue weighted by molar-refractivity contribution is 0.0884. The zero-order valence-electron chi connectivity index (χ0n) is 13.4. The summed E-state index contributed by atoms with van der Waals surface area (Å²) >= 11 is 0. The number of ether oxygens (including phenoxy) is 1. The van der Waals surface area contributed by atoms with E-state index in [-0.39, 0.29) is 11.9 Å². The van der Waals surface area contributed by atoms with Crippen molar-refractivity contribution in [3.05, 3.63) is 65.2 Å². The fourth-order valence-electron chi connectivity index (χ4n) is 2.46. The second-order valence-electron chi connectivity index (χ2n) is 5.61. The summed E-state index contributed by atoms with van der Waals surface area (Å²) < 4.78 is 18.7. The van der Waals surface area contributed by atoms with Crippen molar-refractivity contribution in [2.24, 2.45) is 0 Å². The summed E-state index contributed by atoms with van der Waals surface area (Å²) in [4.78, 5) is 6.72. The molecule has 0 saturated carbocycles. The van der Waals surface area contributed by atoms with E-state index in [2.05, 4.69) is 29.8 Å². The number of nitrogens with zero attached hydrogens (tertiary/aromatic N) is 2. The first-order chi connectivity index (χ1) is 10.6. The van der Waals surface area contributed by atoms with Crippen LogP contribution in [0.4, 0.5) is 4.39 Å². The Kier molecular flexibility index (Phi) is 6.04. The number of rotatable bonds is 7. The molecule has 0 fully saturated rings. The van der Waals surface area contributed by atoms with Gasteiger partial charge in [0.2, 0.25) is 0 Å². The van der Waals surface area contributed by atoms with Gasteiger partial charge >= 0.3 is 0 Å². The van der Waals surface area contributed by atoms with Gasteiger partial charge in [-0.25, -0.2) is 4.39 Å². The molecule has 0 N–H and O–H groups in total. The van der Waals surface area contributed by atoms with Gasteiger partial charge in [-0.1, -0.05) is 18.2 Å². The fraction of sp³-hybridized carbons (Fsp3) is 0.389. The van der Waals surface area contributed by atoms with Crippen molar-refractivity contribution in [2.75, 3.05) is 13.7 Å². The number of aromatic nitrogens is 1. The van der Waals surface area contributed by atoms with Crippen LogP contribution < -0.4 is 0 Å². The monoisotopic (exact) mass is 302 g/mol. The van der Waals surface area contributed by atoms with Gasteiger partial charge in [0.15, 0.2) is 0 Å². The molecule has 1 heterocycles. The normalized spacial score (nSPS) is 12.6. The van der Waals surface area contributed by atoms with Crippen LogP contribution >= 0.6 is 0 Å². The lowest BCUT2D eigenvalue weighted by atomic mass is 10.1. The summed E-state index contributed by atoms with van der Waals surface area (Å²) in [5.41, 5.74) is 3.16. The molecule has 0 bridgehead atoms. The number of aryl methyl sites for hydroxylation is 1. The lowest BCUT2D eigenvalue weighted by Gasteiger charge is -2.29. The molecule has 1 unspecified atom stereocenters. The van der Waals surface area contributed by atoms with E-state index in [1.165, 1.54) is 6.07 Å². The number of halogens is 1. The van der Waals surface area contributed by atoms with Crippen molar-refractivity contribution in [1.82, 2.24) is 9.88 Å². The topological polar surface area (TPSA) is 25.4 Å². The summed E-state index contributed by atoms with van der Waals surface area (Å²) in [6, 6.07) is 11.0. The highest BCUT2D eigenvalue weighted by molar-refractivity contribution is 5.19. The third kappa shape index (κ3) is 4.61. The zero-order chi connectivity index (χ0) is 15.9. The SMILES string of the molecule is COCC(C)N(Cc1cccc(F)c1)Cc1ncccc1C. The van der Waals surface area contributed by atoms with Gasteiger partial charge in [-0.05, 0) is 43.2 Å². The van der Waals surface area contributed by atoms with Gasteiger partial charge in [0.1, 0.15) is 5.82 Å². The molecule has 0 amide bonds. The van der Waals surface area contributed by atoms with Crippen LogP contribution in [0.15, 0.2) is 42.6 Å². The average molecular weight is 302 g/mol. The van der Waals surface area contributed by atoms with Crippen molar-refractivity contribution < 1.29 is 9.13 Å². The summed E-state index contributed by atoms with van der Waals surface area (Å²) in [7, 11) is 1.70. The molecule has 2 aromatic rings. The first kappa shape index (κ1) is 16.6. The Labute approximate surface area is 131 Å². The van der Waals surface area contributed by atoms with Crippen molar-refractivity contribution in [3.63, 3.8) is 0 Å². The smallest absolute Gasteiger partial charge is 0.123 e. The fourth-order valence-corrected chi connectivity index (χ4v) is 2.46. The van der Waals surface area contributed by atoms with E-state index in [0.717, 1.165) is 16.8 Å². The predicted molar refractivity (Wildman–Crippen MR) is 86.0 cm³/mol. The summed E-state index contributed by atoms with van der Waals surface area (Å²) in [5, 5.41) is 0. The maximum atomic E-state index is 13.4. The van der Waals surface area contributed by atoms with E-state index in [9.17, 15) is 4.39 Å². The molecule has 0 saturated heterocycles. The molecule has 3 nitrogen and oxygen atoms in total. The molecule has 1 aromatic heterocycles. The van der Waals surface area contributed by atoms with E-state index in [1.807, 2.05) is 18.3 Å². The summed E-state index contributed by atoms with van der Waals surface area (Å²) in [6.07, 6.45) is 1.81. The molecule has 118 valence electrons. The molecule has 2 rings (SSSR count). The van der Waals surface area contributed by atoms with E-state index < -0.39 is 0 Å². The number of pyridine rings is 1. The number of hydrogen-bond acceptors (Lipinski definition) is 3. The molecule has 0 radical (unpaired) electrons. The summed E-state index contributed by atoms with van der Waals surface area (Å²) in [5.74, 6) is -0.203. The first-order valence-electron chi connectivity index (χ1n) is 7.48. The Morgan fingerprint density at radius 3 is 2.73 bits per heavy atom. The van der Waals surface area contributed by atoms with Crippen LogP contribution in [-0.2, 0) is 17.8 Å². The van der Waals surface area contributed by atoms with E-state index in [4.69, 9.17) is 4.74 Å². The third-order valence-corrected chi connectivity index (χ3v) is 3.78. The van der Waals surface area contributed by atoms with Gasteiger partial charge in [-0.15, -0.1) is 0 Å². The molecule has 4 heteroatoms. The van der Waals surface area contributed by atoms with Crippen LogP contribution in [0.5, 0.6) is 0 Å². The highest BCUT2D eigenvalue weighted by atomic mass is 19.1. The molecule has 22 heavy (non-hydrogen) atoms. The Hall–Kier alpha value is -1.78. The standard InChI is InChI=1S/C18H23FN2O/c1-14-6-5-9-20-18(14)12-21(15(2)13-22-3)11-16-7-4-8-17(19)10-16/h4-10,15H,11-13H2,1-3H3. The molecule has 0 aliphatic rings. The Balaban J connectivity index is 2.17. The number of benzene rings is 1. The van der Waals surface area contributed by atoms with Crippen molar-refractivity contribution >= 4 is 0 Å². The lowest BCUT2D eigenvalue weighted by Crippen LogP contribution is -2.35. The second-order valence-corrected chi connectivity index (χ2v) is 5.61. The first-order valence-corrected chi connectivity index (χ1v) is 7.48. The molecule has 1 atom stereocenters. The highest BCUT2D eigenvalue weighted by Crippen LogP contribution is 2.15. The quantitative estimate of drug-likeness (QED) is 0.782. The van der Waals surface area contributed by atoms with Gasteiger partial charge in [0, 0.05) is 32.4 Å². The molecule has 0 spiro atoms. The van der Waals surface area contributed by atoms with Gasteiger partial charge < -0.3 is 4.74 Å². The van der Waals surface area contributed by atoms with E-state index in [1.54, 1.807) is 19.2 Å². The van der Waals surface area contributed by atoms with Crippen LogP contribution in [0.2, 0.25) is 0 Å². The van der Waals surface area contributed by atoms with Crippen LogP contribution in [0.25, 0.3) is 0 Å². The zero-order valence-corrected chi connectivity index (χ0v) is 13.4. The molecular formula is C18H23FN2O. The molecule has 0 aliphatic carbocycles. The van der Waals surface area contributed by atoms with Gasteiger partial charge in [-0.2, -0.15) is 0 Å². The Bertz CT molecular complexity index is 603. The number of methoxy groups -OCH3 is 1. The van der Waals surface area contributed by atoms with Crippen molar-refractivity contribution in [2.45, 2.75) is 33.0 Å². The van der Waals surface area contributed by atoms with Gasteiger partial charge in [-0.3, -0.25) is 9.88 Å². The van der Waals surface area contributed by atoms with E-state index in [0.29, 0.717) is 19.7 Å². The highest BCUT2D eigenvalue weighted by Gasteiger charge is 2.16. The molecule has 0 aliphatic heterocycles. The molecular weight excluding hydrogens is 279 g/mol. The van der Waals surface area contributed by atoms with Crippen LogP contribution in [-0.4, -0.2) is 29.6 Å². The Morgan fingerprint density at radius 1 is 1.23 bits per heavy atom. The minimum Gasteiger partial charge on any atom is -0.383 e. The predicted octanol–water partition coefficient (Wildman–Crippen LogP) is 3.57. The van der Waals surface area contributed by atoms with Crippen LogP contribution in [0, 0.1) is 12.7 Å². The van der Waals surface area contributed by atoms with Crippen molar-refractivity contribution in [3.8, 4) is 0 Å². The second kappa shape index (κ2) is 8.01. The largest absolute Gasteiger partial charge is 0.383 e.